The molecule has 2 nitrogen and oxygen atoms in total. The molecule has 0 aromatic heterocycles. The van der Waals surface area contributed by atoms with Crippen molar-refractivity contribution in [1.29, 1.82) is 0 Å². The highest BCUT2D eigenvalue weighted by molar-refractivity contribution is 5.77. The molecule has 0 heterocycles. The van der Waals surface area contributed by atoms with E-state index in [4.69, 9.17) is 11.5 Å². The third-order valence-corrected chi connectivity index (χ3v) is 5.78. The fourth-order valence-electron chi connectivity index (χ4n) is 4.61. The van der Waals surface area contributed by atoms with Crippen molar-refractivity contribution in [2.45, 2.75) is 76.0 Å². The molecule has 2 heteroatoms. The van der Waals surface area contributed by atoms with Gasteiger partial charge in [-0.1, -0.05) is 51.2 Å². The lowest BCUT2D eigenvalue weighted by atomic mass is 9.77. The van der Waals surface area contributed by atoms with Crippen LogP contribution in [0, 0.1) is 0 Å². The predicted molar refractivity (Wildman–Crippen MR) is 97.0 cm³/mol. The van der Waals surface area contributed by atoms with Gasteiger partial charge in [0.2, 0.25) is 0 Å². The van der Waals surface area contributed by atoms with E-state index in [0.717, 1.165) is 11.4 Å². The van der Waals surface area contributed by atoms with Crippen molar-refractivity contribution < 1.29 is 0 Å². The van der Waals surface area contributed by atoms with Gasteiger partial charge < -0.3 is 11.5 Å². The second-order valence-electron chi connectivity index (χ2n) is 7.17. The molecule has 2 saturated carbocycles. The van der Waals surface area contributed by atoms with Gasteiger partial charge in [0.05, 0.1) is 0 Å². The Bertz CT molecular complexity index is 535. The smallest absolute Gasteiger partial charge is 0.0446 e. The van der Waals surface area contributed by atoms with E-state index in [1.807, 2.05) is 6.08 Å². The summed E-state index contributed by atoms with van der Waals surface area (Å²) in [5.74, 6) is 1.17. The number of benzene rings is 1. The molecule has 22 heavy (non-hydrogen) atoms. The van der Waals surface area contributed by atoms with E-state index in [2.05, 4.69) is 12.6 Å². The predicted octanol–water partition coefficient (Wildman–Crippen LogP) is 5.59. The first-order valence-electron chi connectivity index (χ1n) is 9.06. The van der Waals surface area contributed by atoms with Crippen LogP contribution in [0.2, 0.25) is 0 Å². The van der Waals surface area contributed by atoms with Gasteiger partial charge in [-0.05, 0) is 49.1 Å². The van der Waals surface area contributed by atoms with Gasteiger partial charge in [0.25, 0.3) is 0 Å². The Morgan fingerprint density at radius 3 is 1.95 bits per heavy atom. The topological polar surface area (TPSA) is 52.0 Å². The van der Waals surface area contributed by atoms with Gasteiger partial charge in [0, 0.05) is 22.5 Å². The summed E-state index contributed by atoms with van der Waals surface area (Å²) in [6, 6.07) is 2.23. The summed E-state index contributed by atoms with van der Waals surface area (Å²) >= 11 is 0. The first-order valence-corrected chi connectivity index (χ1v) is 9.06. The molecule has 1 aromatic rings. The van der Waals surface area contributed by atoms with Crippen molar-refractivity contribution >= 4 is 17.5 Å². The van der Waals surface area contributed by atoms with Gasteiger partial charge in [0.15, 0.2) is 0 Å². The van der Waals surface area contributed by atoms with E-state index < -0.39 is 0 Å². The molecule has 0 atom stereocenters. The Morgan fingerprint density at radius 1 is 0.864 bits per heavy atom. The van der Waals surface area contributed by atoms with Crippen molar-refractivity contribution in [2.75, 3.05) is 11.5 Å². The third-order valence-electron chi connectivity index (χ3n) is 5.78. The first-order chi connectivity index (χ1) is 10.7. The van der Waals surface area contributed by atoms with Gasteiger partial charge in [-0.15, -0.1) is 0 Å². The molecular formula is C20H30N2. The average Bonchev–Trinajstić information content (AvgIpc) is 2.56. The summed E-state index contributed by atoms with van der Waals surface area (Å²) in [5, 5.41) is 0. The Hall–Kier alpha value is -1.44. The van der Waals surface area contributed by atoms with E-state index in [-0.39, 0.29) is 0 Å². The monoisotopic (exact) mass is 298 g/mol. The molecule has 2 fully saturated rings. The van der Waals surface area contributed by atoms with E-state index in [1.165, 1.54) is 80.9 Å². The van der Waals surface area contributed by atoms with Crippen LogP contribution in [0.3, 0.4) is 0 Å². The van der Waals surface area contributed by atoms with Crippen molar-refractivity contribution in [1.82, 2.24) is 0 Å². The van der Waals surface area contributed by atoms with Gasteiger partial charge in [0.1, 0.15) is 0 Å². The van der Waals surface area contributed by atoms with Crippen LogP contribution >= 0.6 is 0 Å². The molecule has 4 N–H and O–H groups in total. The van der Waals surface area contributed by atoms with Crippen molar-refractivity contribution in [3.63, 3.8) is 0 Å². The van der Waals surface area contributed by atoms with Gasteiger partial charge in [-0.2, -0.15) is 0 Å². The highest BCUT2D eigenvalue weighted by Crippen LogP contribution is 2.44. The summed E-state index contributed by atoms with van der Waals surface area (Å²) in [6.07, 6.45) is 14.9. The van der Waals surface area contributed by atoms with Crippen LogP contribution in [0.15, 0.2) is 12.6 Å². The maximum atomic E-state index is 6.58. The number of nitrogens with two attached hydrogens (primary N) is 2. The molecule has 0 saturated heterocycles. The summed E-state index contributed by atoms with van der Waals surface area (Å²) in [4.78, 5) is 0. The zero-order chi connectivity index (χ0) is 15.5. The molecule has 0 aliphatic heterocycles. The largest absolute Gasteiger partial charge is 0.398 e. The molecular weight excluding hydrogens is 268 g/mol. The van der Waals surface area contributed by atoms with E-state index in [1.54, 1.807) is 0 Å². The lowest BCUT2D eigenvalue weighted by Crippen LogP contribution is -2.14. The molecule has 2 aliphatic rings. The van der Waals surface area contributed by atoms with E-state index >= 15 is 0 Å². The molecule has 0 amide bonds. The standard InChI is InChI=1S/C20H30N2/c1-2-16-17(14-9-5-3-6-10-14)13-18(21)19(20(16)22)15-11-7-4-8-12-15/h2,13-15H,1,3-12,21-22H2. The van der Waals surface area contributed by atoms with Gasteiger partial charge in [-0.25, -0.2) is 0 Å². The number of hydrogen-bond acceptors (Lipinski definition) is 2. The molecule has 2 aliphatic carbocycles. The summed E-state index contributed by atoms with van der Waals surface area (Å²) in [5.41, 5.74) is 18.6. The Kier molecular flexibility index (Phi) is 4.75. The van der Waals surface area contributed by atoms with Crippen LogP contribution in [-0.2, 0) is 0 Å². The zero-order valence-corrected chi connectivity index (χ0v) is 13.7. The van der Waals surface area contributed by atoms with Crippen molar-refractivity contribution in [2.24, 2.45) is 0 Å². The minimum atomic E-state index is 0.549. The Labute approximate surface area is 135 Å². The molecule has 0 unspecified atom stereocenters. The van der Waals surface area contributed by atoms with Crippen LogP contribution < -0.4 is 11.5 Å². The fourth-order valence-corrected chi connectivity index (χ4v) is 4.61. The van der Waals surface area contributed by atoms with E-state index in [0.29, 0.717) is 11.8 Å². The summed E-state index contributed by atoms with van der Waals surface area (Å²) < 4.78 is 0. The van der Waals surface area contributed by atoms with Crippen LogP contribution in [-0.4, -0.2) is 0 Å². The second-order valence-corrected chi connectivity index (χ2v) is 7.17. The second kappa shape index (κ2) is 6.76. The summed E-state index contributed by atoms with van der Waals surface area (Å²) in [6.45, 7) is 4.04. The maximum absolute atomic E-state index is 6.58. The first kappa shape index (κ1) is 15.5. The molecule has 0 radical (unpaired) electrons. The number of rotatable bonds is 3. The van der Waals surface area contributed by atoms with E-state index in [9.17, 15) is 0 Å². The quantitative estimate of drug-likeness (QED) is 0.715. The van der Waals surface area contributed by atoms with Crippen molar-refractivity contribution in [3.8, 4) is 0 Å². The number of hydrogen-bond donors (Lipinski definition) is 2. The fraction of sp³-hybridized carbons (Fsp3) is 0.600. The van der Waals surface area contributed by atoms with Crippen LogP contribution in [0.5, 0.6) is 0 Å². The number of nitrogen functional groups attached to an aromatic ring is 2. The highest BCUT2D eigenvalue weighted by Gasteiger charge is 2.25. The Morgan fingerprint density at radius 2 is 1.41 bits per heavy atom. The molecule has 120 valence electrons. The normalized spacial score (nSPS) is 20.9. The van der Waals surface area contributed by atoms with Crippen molar-refractivity contribution in [3.05, 3.63) is 29.3 Å². The van der Waals surface area contributed by atoms with Gasteiger partial charge in [-0.3, -0.25) is 0 Å². The minimum absolute atomic E-state index is 0.549. The van der Waals surface area contributed by atoms with Crippen LogP contribution in [0.4, 0.5) is 11.4 Å². The molecule has 0 spiro atoms. The third kappa shape index (κ3) is 2.88. The Balaban J connectivity index is 2.00. The maximum Gasteiger partial charge on any atom is 0.0446 e. The van der Waals surface area contributed by atoms with Crippen LogP contribution in [0.1, 0.15) is 92.7 Å². The number of anilines is 2. The van der Waals surface area contributed by atoms with Crippen LogP contribution in [0.25, 0.3) is 6.08 Å². The molecule has 0 bridgehead atoms. The highest BCUT2D eigenvalue weighted by atomic mass is 14.6. The lowest BCUT2D eigenvalue weighted by molar-refractivity contribution is 0.440. The summed E-state index contributed by atoms with van der Waals surface area (Å²) in [7, 11) is 0. The lowest BCUT2D eigenvalue weighted by Gasteiger charge is -2.29. The SMILES string of the molecule is C=Cc1c(C2CCCCC2)cc(N)c(C2CCCCC2)c1N. The van der Waals surface area contributed by atoms with Gasteiger partial charge >= 0.3 is 0 Å². The average molecular weight is 298 g/mol. The molecule has 3 rings (SSSR count). The minimum Gasteiger partial charge on any atom is -0.398 e. The zero-order valence-electron chi connectivity index (χ0n) is 13.7. The molecule has 1 aromatic carbocycles.